The number of aliphatic imine (C=N–C) groups is 1. The molecule has 0 spiro atoms. The summed E-state index contributed by atoms with van der Waals surface area (Å²) in [5.41, 5.74) is 36.8. The molecule has 8 amide bonds. The highest BCUT2D eigenvalue weighted by Gasteiger charge is 2.41. The summed E-state index contributed by atoms with van der Waals surface area (Å²) in [6.45, 7) is 0.612. The van der Waals surface area contributed by atoms with Crippen molar-refractivity contribution in [3.05, 3.63) is 47.2 Å². The van der Waals surface area contributed by atoms with Gasteiger partial charge in [0.25, 0.3) is 0 Å². The van der Waals surface area contributed by atoms with E-state index in [-0.39, 0.29) is 83.5 Å². The van der Waals surface area contributed by atoms with Crippen LogP contribution in [0.25, 0.3) is 0 Å². The van der Waals surface area contributed by atoms with E-state index in [9.17, 15) is 66.5 Å². The number of carboxylic acid groups (broad SMARTS) is 1. The molecule has 1 unspecified atom stereocenters. The molecule has 0 bridgehead atoms. The van der Waals surface area contributed by atoms with Crippen molar-refractivity contribution in [2.24, 2.45) is 45.1 Å². The maximum absolute atomic E-state index is 14.3. The predicted octanol–water partition coefficient (Wildman–Crippen LogP) is -4.81. The van der Waals surface area contributed by atoms with Gasteiger partial charge in [-0.05, 0) is 102 Å². The van der Waals surface area contributed by atoms with Gasteiger partial charge in [0, 0.05) is 26.1 Å². The Bertz CT molecular complexity index is 2220. The Hall–Kier alpha value is -6.99. The number of nitrogens with two attached hydrogens (primary N) is 7. The number of amides is 8. The topological polar surface area (TPSA) is 476 Å². The van der Waals surface area contributed by atoms with Gasteiger partial charge < -0.3 is 92.5 Å². The van der Waals surface area contributed by atoms with Crippen molar-refractivity contribution in [3.8, 4) is 0 Å². The number of unbranched alkanes of at least 4 members (excludes halogenated alkanes) is 2. The van der Waals surface area contributed by atoms with Crippen molar-refractivity contribution in [1.82, 2.24) is 42.1 Å². The second kappa shape index (κ2) is 33.9. The van der Waals surface area contributed by atoms with Crippen LogP contribution < -0.4 is 77.4 Å². The molecule has 432 valence electrons. The van der Waals surface area contributed by atoms with Gasteiger partial charge in [0.2, 0.25) is 47.3 Å². The highest BCUT2D eigenvalue weighted by atomic mass is 19.4. The first kappa shape index (κ1) is 66.1. The highest BCUT2D eigenvalue weighted by Crippen LogP contribution is 2.32. The van der Waals surface area contributed by atoms with Crippen LogP contribution in [0.15, 0.2) is 41.0 Å². The second-order valence-corrected chi connectivity index (χ2v) is 18.1. The van der Waals surface area contributed by atoms with Crippen LogP contribution in [0.2, 0.25) is 0 Å². The summed E-state index contributed by atoms with van der Waals surface area (Å²) in [7, 11) is 0. The summed E-state index contributed by atoms with van der Waals surface area (Å²) < 4.78 is 42.8. The number of aliphatic hydroxyl groups excluding tert-OH is 1. The quantitative estimate of drug-likeness (QED) is 0.0133. The zero-order valence-electron chi connectivity index (χ0n) is 43.1. The number of alkyl halides is 3. The van der Waals surface area contributed by atoms with Gasteiger partial charge in [0.05, 0.1) is 24.3 Å². The molecule has 0 radical (unpaired) electrons. The fourth-order valence-corrected chi connectivity index (χ4v) is 7.91. The van der Waals surface area contributed by atoms with Crippen molar-refractivity contribution in [2.45, 2.75) is 139 Å². The smallest absolute Gasteiger partial charge is 0.416 e. The Morgan fingerprint density at radius 2 is 1.42 bits per heavy atom. The molecule has 1 aliphatic rings. The first-order valence-corrected chi connectivity index (χ1v) is 25.2. The molecule has 1 heterocycles. The number of carbonyl (C=O) groups is 9. The van der Waals surface area contributed by atoms with Crippen molar-refractivity contribution in [3.63, 3.8) is 0 Å². The van der Waals surface area contributed by atoms with E-state index in [0.717, 1.165) is 29.2 Å². The minimum atomic E-state index is -4.90. The van der Waals surface area contributed by atoms with E-state index >= 15 is 0 Å². The van der Waals surface area contributed by atoms with Gasteiger partial charge in [0.15, 0.2) is 5.96 Å². The number of hydrogen-bond acceptors (Lipinski definition) is 16. The summed E-state index contributed by atoms with van der Waals surface area (Å²) in [5.74, 6) is -9.24. The number of carboxylic acids is 1. The largest absolute Gasteiger partial charge is 0.477 e. The monoisotopic (exact) mass is 1100 g/mol. The third-order valence-corrected chi connectivity index (χ3v) is 12.1. The number of guanidine groups is 1. The second-order valence-electron chi connectivity index (χ2n) is 18.1. The number of nitrogens with zero attached hydrogens (tertiary/aromatic N) is 2. The number of likely N-dealkylation sites (tertiary alicyclic amines) is 1. The molecule has 30 heteroatoms. The normalized spacial score (nSPS) is 16.3. The number of rotatable bonds is 34. The van der Waals surface area contributed by atoms with Crippen molar-refractivity contribution >= 4 is 59.2 Å². The lowest BCUT2D eigenvalue weighted by molar-refractivity contribution is -0.142. The highest BCUT2D eigenvalue weighted by molar-refractivity contribution is 5.99. The molecule has 0 aliphatic carbocycles. The standard InChI is InChI=1S/C47H77F3N16O11/c1-26(60-43(74)37(35(67)24-54)65-39(70)29(55)13-4-6-18-51)38(69)59-25-36(68)61-31(15-8-20-53)44(75)66-22-10-17-34(66)42(73)64-33(23-27-11-2-3-12-28(27)47(48,49)50)41(72)62-30(14-5-7-19-52)40(71)63-32(45(76)77)16-9-21-58-46(56)57/h2-3,11-12,16,26,29-31,33-35,37,67H,4-10,13-15,17-25,51-55H2,1H3,(H,59,69)(H,60,74)(H,61,68)(H,62,72)(H,63,71)(H,64,73)(H,65,70)(H,76,77)(H4,56,57,58)/b32-16-/t26-,29-,30-,31+,33?,34-,35-,37-/m0/s1. The van der Waals surface area contributed by atoms with E-state index in [1.165, 1.54) is 13.0 Å². The van der Waals surface area contributed by atoms with Crippen LogP contribution in [0.4, 0.5) is 13.2 Å². The van der Waals surface area contributed by atoms with Crippen LogP contribution in [-0.4, -0.2) is 169 Å². The van der Waals surface area contributed by atoms with E-state index in [1.54, 1.807) is 0 Å². The Labute approximate surface area is 443 Å². The number of benzene rings is 1. The van der Waals surface area contributed by atoms with Gasteiger partial charge >= 0.3 is 12.1 Å². The number of aliphatic carboxylic acids is 1. The number of halogens is 3. The molecule has 27 nitrogen and oxygen atoms in total. The minimum absolute atomic E-state index is 0.00825. The maximum atomic E-state index is 14.3. The molecular formula is C47H77F3N16O11. The molecular weight excluding hydrogens is 1020 g/mol. The summed E-state index contributed by atoms with van der Waals surface area (Å²) in [6.07, 6.45) is -3.96. The first-order valence-electron chi connectivity index (χ1n) is 25.2. The van der Waals surface area contributed by atoms with E-state index < -0.39 is 144 Å². The van der Waals surface area contributed by atoms with Crippen molar-refractivity contribution < 1.29 is 66.5 Å². The average molecular weight is 1100 g/mol. The van der Waals surface area contributed by atoms with E-state index in [0.29, 0.717) is 25.8 Å². The van der Waals surface area contributed by atoms with Crippen LogP contribution in [0.1, 0.15) is 88.7 Å². The molecule has 77 heavy (non-hydrogen) atoms. The van der Waals surface area contributed by atoms with Gasteiger partial charge in [-0.25, -0.2) is 4.79 Å². The van der Waals surface area contributed by atoms with Gasteiger partial charge in [0.1, 0.15) is 41.9 Å². The Balaban J connectivity index is 2.34. The fourth-order valence-electron chi connectivity index (χ4n) is 7.91. The molecule has 0 aromatic heterocycles. The molecule has 8 atom stereocenters. The van der Waals surface area contributed by atoms with Crippen molar-refractivity contribution in [2.75, 3.05) is 45.8 Å². The number of aliphatic hydroxyl groups is 1. The lowest BCUT2D eigenvalue weighted by Gasteiger charge is -2.30. The van der Waals surface area contributed by atoms with Crippen molar-refractivity contribution in [1.29, 1.82) is 0 Å². The maximum Gasteiger partial charge on any atom is 0.416 e. The summed E-state index contributed by atoms with van der Waals surface area (Å²) >= 11 is 0. The van der Waals surface area contributed by atoms with Gasteiger partial charge in [-0.1, -0.05) is 30.7 Å². The first-order chi connectivity index (χ1) is 36.4. The zero-order chi connectivity index (χ0) is 57.8. The summed E-state index contributed by atoms with van der Waals surface area (Å²) in [6, 6.07) is -5.69. The summed E-state index contributed by atoms with van der Waals surface area (Å²) in [5, 5.41) is 36.8. The lowest BCUT2D eigenvalue weighted by atomic mass is 9.98. The molecule has 0 saturated carbocycles. The predicted molar refractivity (Wildman–Crippen MR) is 275 cm³/mol. The third-order valence-electron chi connectivity index (χ3n) is 12.1. The minimum Gasteiger partial charge on any atom is -0.477 e. The Morgan fingerprint density at radius 3 is 2.03 bits per heavy atom. The molecule has 2 rings (SSSR count). The molecule has 1 saturated heterocycles. The lowest BCUT2D eigenvalue weighted by Crippen LogP contribution is -2.60. The molecule has 1 aliphatic heterocycles. The summed E-state index contributed by atoms with van der Waals surface area (Å²) in [4.78, 5) is 125. The number of carbonyl (C=O) groups excluding carboxylic acids is 8. The SMILES string of the molecule is C[C@H](NC(=O)[C@@H](NC(=O)[C@@H](N)CCCCN)[C@@H](O)CN)C(=O)NCC(=O)N[C@H](CCCN)C(=O)N1CCC[C@H]1C(=O)NC(Cc1ccccc1C(F)(F)F)C(=O)N[C@@H](CCCCN)C(=O)N/C(=C\CCN=C(N)N)C(=O)O. The Morgan fingerprint density at radius 1 is 0.779 bits per heavy atom. The van der Waals surface area contributed by atoms with E-state index in [1.807, 2.05) is 0 Å². The number of hydrogen-bond donors (Lipinski definition) is 16. The molecule has 1 aromatic rings. The Kier molecular flexibility index (Phi) is 29.1. The third kappa shape index (κ3) is 23.0. The van der Waals surface area contributed by atoms with Crippen LogP contribution in [-0.2, 0) is 55.7 Å². The molecule has 1 fully saturated rings. The number of nitrogens with one attached hydrogen (secondary N) is 7. The van der Waals surface area contributed by atoms with E-state index in [4.69, 9.17) is 40.1 Å². The zero-order valence-corrected chi connectivity index (χ0v) is 43.1. The molecule has 1 aromatic carbocycles. The van der Waals surface area contributed by atoms with Gasteiger partial charge in [-0.3, -0.25) is 43.3 Å². The average Bonchev–Trinajstić information content (AvgIpc) is 3.88. The molecule has 23 N–H and O–H groups in total. The van der Waals surface area contributed by atoms with Gasteiger partial charge in [-0.15, -0.1) is 0 Å². The van der Waals surface area contributed by atoms with Crippen LogP contribution in [0, 0.1) is 0 Å². The van der Waals surface area contributed by atoms with Crippen LogP contribution >= 0.6 is 0 Å². The fraction of sp³-hybridized carbons (Fsp3) is 0.617. The van der Waals surface area contributed by atoms with Crippen LogP contribution in [0.5, 0.6) is 0 Å². The van der Waals surface area contributed by atoms with Gasteiger partial charge in [-0.2, -0.15) is 13.2 Å². The van der Waals surface area contributed by atoms with E-state index in [2.05, 4.69) is 42.2 Å². The van der Waals surface area contributed by atoms with Crippen LogP contribution in [0.3, 0.4) is 0 Å².